The predicted octanol–water partition coefficient (Wildman–Crippen LogP) is 6.55. The van der Waals surface area contributed by atoms with Gasteiger partial charge < -0.3 is 5.32 Å². The van der Waals surface area contributed by atoms with Crippen LogP contribution in [0.1, 0.15) is 41.8 Å². The molecular weight excluding hydrogens is 476 g/mol. The van der Waals surface area contributed by atoms with E-state index >= 15 is 0 Å². The number of carbonyl (C=O) groups is 1. The first-order valence-corrected chi connectivity index (χ1v) is 13.1. The van der Waals surface area contributed by atoms with Crippen LogP contribution >= 0.6 is 23.4 Å². The first-order valence-electron chi connectivity index (χ1n) is 11.8. The average molecular weight is 505 g/mol. The van der Waals surface area contributed by atoms with E-state index in [1.54, 1.807) is 11.8 Å². The Morgan fingerprint density at radius 2 is 1.74 bits per heavy atom. The fourth-order valence-electron chi connectivity index (χ4n) is 3.83. The number of aromatic nitrogens is 3. The van der Waals surface area contributed by atoms with Gasteiger partial charge in [-0.3, -0.25) is 9.36 Å². The fraction of sp³-hybridized carbons (Fsp3) is 0.250. The van der Waals surface area contributed by atoms with Crippen LogP contribution in [0.5, 0.6) is 0 Å². The maximum atomic E-state index is 12.2. The molecule has 0 atom stereocenters. The minimum absolute atomic E-state index is 0.0690. The number of halogens is 1. The number of rotatable bonds is 11. The summed E-state index contributed by atoms with van der Waals surface area (Å²) in [5, 5.41) is 13.5. The van der Waals surface area contributed by atoms with Crippen molar-refractivity contribution in [2.24, 2.45) is 0 Å². The Labute approximate surface area is 215 Å². The van der Waals surface area contributed by atoms with Crippen LogP contribution in [0.3, 0.4) is 0 Å². The highest BCUT2D eigenvalue weighted by Crippen LogP contribution is 2.27. The predicted molar refractivity (Wildman–Crippen MR) is 143 cm³/mol. The molecule has 1 heterocycles. The summed E-state index contributed by atoms with van der Waals surface area (Å²) >= 11 is 7.95. The molecule has 0 aliphatic carbocycles. The third-order valence-corrected chi connectivity index (χ3v) is 6.84. The zero-order chi connectivity index (χ0) is 24.5. The van der Waals surface area contributed by atoms with E-state index in [2.05, 4.69) is 51.3 Å². The number of unbranched alkanes of at least 4 members (excludes halogenated alkanes) is 1. The van der Waals surface area contributed by atoms with Gasteiger partial charge in [-0.15, -0.1) is 10.2 Å². The van der Waals surface area contributed by atoms with Gasteiger partial charge in [0, 0.05) is 30.2 Å². The Bertz CT molecular complexity index is 1260. The molecule has 0 aliphatic heterocycles. The van der Waals surface area contributed by atoms with Crippen molar-refractivity contribution in [3.8, 4) is 5.69 Å². The van der Waals surface area contributed by atoms with Gasteiger partial charge in [0.15, 0.2) is 5.16 Å². The van der Waals surface area contributed by atoms with Gasteiger partial charge >= 0.3 is 0 Å². The molecule has 0 bridgehead atoms. The number of carbonyl (C=O) groups excluding carboxylic acids is 1. The Morgan fingerprint density at radius 3 is 2.54 bits per heavy atom. The minimum atomic E-state index is 0.0690. The van der Waals surface area contributed by atoms with Crippen molar-refractivity contribution in [1.29, 1.82) is 0 Å². The molecule has 0 unspecified atom stereocenters. The number of hydrogen-bond donors (Lipinski definition) is 1. The molecular formula is C28H29ClN4OS. The van der Waals surface area contributed by atoms with Crippen molar-refractivity contribution >= 4 is 29.3 Å². The van der Waals surface area contributed by atoms with Crippen LogP contribution in [-0.4, -0.2) is 20.7 Å². The van der Waals surface area contributed by atoms with Gasteiger partial charge in [-0.05, 0) is 49.1 Å². The Morgan fingerprint density at radius 1 is 0.943 bits per heavy atom. The van der Waals surface area contributed by atoms with Gasteiger partial charge in [0.25, 0.3) is 0 Å². The van der Waals surface area contributed by atoms with Gasteiger partial charge in [0.05, 0.1) is 5.69 Å². The van der Waals surface area contributed by atoms with E-state index in [1.165, 1.54) is 11.1 Å². The number of thioether (sulfide) groups is 1. The van der Waals surface area contributed by atoms with Gasteiger partial charge in [-0.25, -0.2) is 0 Å². The summed E-state index contributed by atoms with van der Waals surface area (Å²) in [6, 6.07) is 26.2. The molecule has 4 rings (SSSR count). The van der Waals surface area contributed by atoms with Gasteiger partial charge in [0.2, 0.25) is 5.91 Å². The molecule has 0 saturated heterocycles. The zero-order valence-corrected chi connectivity index (χ0v) is 21.4. The van der Waals surface area contributed by atoms with Gasteiger partial charge in [-0.1, -0.05) is 89.6 Å². The molecule has 0 spiro atoms. The number of nitrogens with one attached hydrogen (secondary N) is 1. The van der Waals surface area contributed by atoms with Crippen LogP contribution < -0.4 is 5.32 Å². The van der Waals surface area contributed by atoms with Crippen LogP contribution in [0.15, 0.2) is 84.0 Å². The molecule has 0 aliphatic rings. The van der Waals surface area contributed by atoms with Crippen molar-refractivity contribution in [1.82, 2.24) is 20.1 Å². The summed E-state index contributed by atoms with van der Waals surface area (Å²) in [7, 11) is 0. The summed E-state index contributed by atoms with van der Waals surface area (Å²) in [6.07, 6.45) is 2.86. The maximum Gasteiger partial charge on any atom is 0.220 e. The third-order valence-electron chi connectivity index (χ3n) is 5.60. The highest BCUT2D eigenvalue weighted by Gasteiger charge is 2.15. The van der Waals surface area contributed by atoms with E-state index in [9.17, 15) is 4.79 Å². The van der Waals surface area contributed by atoms with E-state index in [1.807, 2.05) is 54.6 Å². The highest BCUT2D eigenvalue weighted by atomic mass is 35.5. The quantitative estimate of drug-likeness (QED) is 0.186. The number of hydrogen-bond acceptors (Lipinski definition) is 4. The Kier molecular flexibility index (Phi) is 8.98. The molecule has 0 saturated carbocycles. The standard InChI is InChI=1S/C28H29ClN4OS/c1-21-9-7-12-23(17-21)20-35-28-32-31-26(33(28)25-14-8-13-24(29)18-25)15-5-6-16-27(34)30-19-22-10-3-2-4-11-22/h2-4,7-14,17-18H,5-6,15-16,19-20H2,1H3,(H,30,34). The lowest BCUT2D eigenvalue weighted by atomic mass is 10.1. The molecule has 1 aromatic heterocycles. The molecule has 4 aromatic rings. The molecule has 35 heavy (non-hydrogen) atoms. The fourth-order valence-corrected chi connectivity index (χ4v) is 4.93. The summed E-state index contributed by atoms with van der Waals surface area (Å²) in [4.78, 5) is 12.2. The summed E-state index contributed by atoms with van der Waals surface area (Å²) < 4.78 is 2.09. The SMILES string of the molecule is Cc1cccc(CSc2nnc(CCCCC(=O)NCc3ccccc3)n2-c2cccc(Cl)c2)c1. The minimum Gasteiger partial charge on any atom is -0.352 e. The number of aryl methyl sites for hydroxylation is 2. The topological polar surface area (TPSA) is 59.8 Å². The lowest BCUT2D eigenvalue weighted by molar-refractivity contribution is -0.121. The largest absolute Gasteiger partial charge is 0.352 e. The van der Waals surface area contributed by atoms with Crippen LogP contribution in [0.4, 0.5) is 0 Å². The average Bonchev–Trinajstić information content (AvgIpc) is 3.27. The lowest BCUT2D eigenvalue weighted by Gasteiger charge is -2.11. The van der Waals surface area contributed by atoms with Crippen molar-refractivity contribution in [3.63, 3.8) is 0 Å². The molecule has 1 amide bonds. The van der Waals surface area contributed by atoms with Gasteiger partial charge in [-0.2, -0.15) is 0 Å². The summed E-state index contributed by atoms with van der Waals surface area (Å²) in [6.45, 7) is 2.66. The second-order valence-corrected chi connectivity index (χ2v) is 9.84. The molecule has 3 aromatic carbocycles. The normalized spacial score (nSPS) is 10.9. The summed E-state index contributed by atoms with van der Waals surface area (Å²) in [5.74, 6) is 1.75. The third kappa shape index (κ3) is 7.44. The first-order chi connectivity index (χ1) is 17.1. The van der Waals surface area contributed by atoms with E-state index in [-0.39, 0.29) is 5.91 Å². The molecule has 0 radical (unpaired) electrons. The van der Waals surface area contributed by atoms with Crippen molar-refractivity contribution in [3.05, 3.63) is 106 Å². The number of nitrogens with zero attached hydrogens (tertiary/aromatic N) is 3. The number of benzene rings is 3. The van der Waals surface area contributed by atoms with E-state index in [0.29, 0.717) is 18.0 Å². The lowest BCUT2D eigenvalue weighted by Crippen LogP contribution is -2.22. The van der Waals surface area contributed by atoms with Crippen LogP contribution in [0.2, 0.25) is 5.02 Å². The first kappa shape index (κ1) is 25.0. The van der Waals surface area contributed by atoms with E-state index in [0.717, 1.165) is 47.2 Å². The highest BCUT2D eigenvalue weighted by molar-refractivity contribution is 7.98. The van der Waals surface area contributed by atoms with E-state index < -0.39 is 0 Å². The Balaban J connectivity index is 1.37. The summed E-state index contributed by atoms with van der Waals surface area (Å²) in [5.41, 5.74) is 4.54. The van der Waals surface area contributed by atoms with Crippen molar-refractivity contribution < 1.29 is 4.79 Å². The van der Waals surface area contributed by atoms with Crippen molar-refractivity contribution in [2.75, 3.05) is 0 Å². The second kappa shape index (κ2) is 12.6. The smallest absolute Gasteiger partial charge is 0.220 e. The van der Waals surface area contributed by atoms with Crippen molar-refractivity contribution in [2.45, 2.75) is 50.1 Å². The number of amides is 1. The molecule has 0 fully saturated rings. The van der Waals surface area contributed by atoms with E-state index in [4.69, 9.17) is 11.6 Å². The van der Waals surface area contributed by atoms with Crippen LogP contribution in [0.25, 0.3) is 5.69 Å². The zero-order valence-electron chi connectivity index (χ0n) is 19.8. The van der Waals surface area contributed by atoms with Crippen LogP contribution in [0, 0.1) is 6.92 Å². The second-order valence-electron chi connectivity index (χ2n) is 8.46. The molecule has 5 nitrogen and oxygen atoms in total. The molecule has 180 valence electrons. The molecule has 1 N–H and O–H groups in total. The maximum absolute atomic E-state index is 12.2. The molecule has 7 heteroatoms. The van der Waals surface area contributed by atoms with Crippen LogP contribution in [-0.2, 0) is 23.5 Å². The van der Waals surface area contributed by atoms with Gasteiger partial charge in [0.1, 0.15) is 5.82 Å². The monoisotopic (exact) mass is 504 g/mol. The Hall–Kier alpha value is -3.09.